The van der Waals surface area contributed by atoms with E-state index in [1.807, 2.05) is 50.2 Å². The van der Waals surface area contributed by atoms with Gasteiger partial charge in [0.25, 0.3) is 5.91 Å². The quantitative estimate of drug-likeness (QED) is 0.277. The number of carbonyl (C=O) groups excluding carboxylic acids is 1. The highest BCUT2D eigenvalue weighted by Crippen LogP contribution is 2.39. The number of amides is 1. The van der Waals surface area contributed by atoms with Crippen LogP contribution in [0.1, 0.15) is 29.7 Å². The Morgan fingerprint density at radius 2 is 1.82 bits per heavy atom. The van der Waals surface area contributed by atoms with E-state index in [0.717, 1.165) is 16.8 Å². The minimum Gasteiger partial charge on any atom is -0.493 e. The molecule has 4 aromatic rings. The van der Waals surface area contributed by atoms with Crippen LogP contribution in [0.25, 0.3) is 0 Å². The maximum atomic E-state index is 13.6. The summed E-state index contributed by atoms with van der Waals surface area (Å²) in [5.74, 6) is 1.28. The summed E-state index contributed by atoms with van der Waals surface area (Å²) in [4.78, 5) is 17.9. The van der Waals surface area contributed by atoms with Crippen molar-refractivity contribution in [3.8, 4) is 11.5 Å². The fraction of sp³-hybridized carbons (Fsp3) is 0.179. The molecule has 0 fully saturated rings. The lowest BCUT2D eigenvalue weighted by molar-refractivity contribution is -0.113. The van der Waals surface area contributed by atoms with E-state index in [-0.39, 0.29) is 12.5 Å². The SMILES string of the molecule is COc1cc([C@H]2C(C(=O)Nc3ccccc3C)=C(C)Nc3ncnn32)ccc1OCc1c(Cl)cccc1Cl. The molecule has 0 saturated carbocycles. The zero-order valence-corrected chi connectivity index (χ0v) is 22.5. The molecule has 1 amide bonds. The molecule has 2 heterocycles. The Hall–Kier alpha value is -4.01. The number of aryl methyl sites for hydroxylation is 1. The van der Waals surface area contributed by atoms with Gasteiger partial charge in [0.05, 0.1) is 12.7 Å². The fourth-order valence-electron chi connectivity index (χ4n) is 4.39. The maximum absolute atomic E-state index is 13.6. The molecule has 10 heteroatoms. The van der Waals surface area contributed by atoms with Gasteiger partial charge < -0.3 is 20.1 Å². The lowest BCUT2D eigenvalue weighted by atomic mass is 9.94. The van der Waals surface area contributed by atoms with E-state index in [1.165, 1.54) is 6.33 Å². The third-order valence-corrected chi connectivity index (χ3v) is 7.08. The smallest absolute Gasteiger partial charge is 0.255 e. The summed E-state index contributed by atoms with van der Waals surface area (Å²) in [6.07, 6.45) is 1.45. The van der Waals surface area contributed by atoms with Gasteiger partial charge in [-0.3, -0.25) is 4.79 Å². The number of nitrogens with one attached hydrogen (secondary N) is 2. The molecule has 0 aliphatic carbocycles. The first-order valence-electron chi connectivity index (χ1n) is 11.8. The number of anilines is 2. The molecule has 1 atom stereocenters. The molecule has 1 aromatic heterocycles. The molecule has 194 valence electrons. The molecule has 38 heavy (non-hydrogen) atoms. The molecule has 0 saturated heterocycles. The second kappa shape index (κ2) is 10.8. The number of allylic oxidation sites excluding steroid dienone is 1. The van der Waals surface area contributed by atoms with Crippen LogP contribution in [0.3, 0.4) is 0 Å². The van der Waals surface area contributed by atoms with Gasteiger partial charge in [-0.25, -0.2) is 4.68 Å². The first kappa shape index (κ1) is 25.6. The largest absolute Gasteiger partial charge is 0.493 e. The zero-order valence-electron chi connectivity index (χ0n) is 21.0. The van der Waals surface area contributed by atoms with E-state index >= 15 is 0 Å². The van der Waals surface area contributed by atoms with Crippen LogP contribution in [0.15, 0.2) is 78.3 Å². The molecule has 3 aromatic carbocycles. The first-order valence-corrected chi connectivity index (χ1v) is 12.6. The number of aromatic nitrogens is 3. The Bertz CT molecular complexity index is 1530. The highest BCUT2D eigenvalue weighted by Gasteiger charge is 2.34. The van der Waals surface area contributed by atoms with Gasteiger partial charge in [-0.2, -0.15) is 10.1 Å². The number of para-hydroxylation sites is 1. The fourth-order valence-corrected chi connectivity index (χ4v) is 4.90. The predicted octanol–water partition coefficient (Wildman–Crippen LogP) is 6.41. The molecule has 1 aliphatic rings. The van der Waals surface area contributed by atoms with Crippen LogP contribution < -0.4 is 20.1 Å². The van der Waals surface area contributed by atoms with E-state index in [0.29, 0.717) is 44.3 Å². The first-order chi connectivity index (χ1) is 18.4. The van der Waals surface area contributed by atoms with E-state index in [9.17, 15) is 4.79 Å². The third kappa shape index (κ3) is 4.92. The monoisotopic (exact) mass is 549 g/mol. The summed E-state index contributed by atoms with van der Waals surface area (Å²) >= 11 is 12.6. The van der Waals surface area contributed by atoms with Crippen LogP contribution in [0.5, 0.6) is 11.5 Å². The maximum Gasteiger partial charge on any atom is 0.255 e. The average molecular weight is 550 g/mol. The van der Waals surface area contributed by atoms with Crippen LogP contribution >= 0.6 is 23.2 Å². The topological polar surface area (TPSA) is 90.3 Å². The van der Waals surface area contributed by atoms with Gasteiger partial charge in [0, 0.05) is 27.0 Å². The standard InChI is InChI=1S/C28H25Cl2N5O3/c1-16-7-4-5-10-22(16)34-27(36)25-17(2)33-28-31-15-32-35(28)26(25)18-11-12-23(24(13-18)37-3)38-14-19-20(29)8-6-9-21(19)30/h4-13,15,26H,14H2,1-3H3,(H,34,36)(H,31,32,33)/t26-/m0/s1. The number of fused-ring (bicyclic) bond motifs is 1. The molecule has 5 rings (SSSR count). The second-order valence-corrected chi connectivity index (χ2v) is 9.58. The molecule has 0 radical (unpaired) electrons. The second-order valence-electron chi connectivity index (χ2n) is 8.76. The van der Waals surface area contributed by atoms with Crippen molar-refractivity contribution in [2.75, 3.05) is 17.7 Å². The predicted molar refractivity (Wildman–Crippen MR) is 148 cm³/mol. The molecule has 2 N–H and O–H groups in total. The number of rotatable bonds is 7. The lowest BCUT2D eigenvalue weighted by Gasteiger charge is -2.29. The Morgan fingerprint density at radius 1 is 1.05 bits per heavy atom. The van der Waals surface area contributed by atoms with E-state index in [4.69, 9.17) is 32.7 Å². The Morgan fingerprint density at radius 3 is 2.55 bits per heavy atom. The van der Waals surface area contributed by atoms with Crippen molar-refractivity contribution in [1.29, 1.82) is 0 Å². The molecule has 0 unspecified atom stereocenters. The van der Waals surface area contributed by atoms with E-state index in [2.05, 4.69) is 20.7 Å². The minimum absolute atomic E-state index is 0.165. The number of ether oxygens (including phenoxy) is 2. The van der Waals surface area contributed by atoms with Crippen molar-refractivity contribution in [2.45, 2.75) is 26.5 Å². The average Bonchev–Trinajstić information content (AvgIpc) is 3.37. The van der Waals surface area contributed by atoms with Gasteiger partial charge in [0.2, 0.25) is 5.95 Å². The normalized spacial score (nSPS) is 14.5. The van der Waals surface area contributed by atoms with Crippen LogP contribution in [-0.2, 0) is 11.4 Å². The van der Waals surface area contributed by atoms with Crippen molar-refractivity contribution in [1.82, 2.24) is 14.8 Å². The molecule has 8 nitrogen and oxygen atoms in total. The lowest BCUT2D eigenvalue weighted by Crippen LogP contribution is -2.31. The van der Waals surface area contributed by atoms with Crippen molar-refractivity contribution >= 4 is 40.7 Å². The number of hydrogen-bond donors (Lipinski definition) is 2. The van der Waals surface area contributed by atoms with Gasteiger partial charge in [-0.05, 0) is 55.3 Å². The Balaban J connectivity index is 1.49. The number of halogens is 2. The van der Waals surface area contributed by atoms with Gasteiger partial charge in [-0.1, -0.05) is 53.5 Å². The molecular formula is C28H25Cl2N5O3. The molecular weight excluding hydrogens is 525 g/mol. The molecule has 0 spiro atoms. The summed E-state index contributed by atoms with van der Waals surface area (Å²) in [6, 6.07) is 17.9. The van der Waals surface area contributed by atoms with Gasteiger partial charge in [0.15, 0.2) is 11.5 Å². The summed E-state index contributed by atoms with van der Waals surface area (Å²) in [7, 11) is 1.56. The van der Waals surface area contributed by atoms with Gasteiger partial charge in [0.1, 0.15) is 19.0 Å². The van der Waals surface area contributed by atoms with Crippen molar-refractivity contribution < 1.29 is 14.3 Å². The van der Waals surface area contributed by atoms with E-state index < -0.39 is 6.04 Å². The number of nitrogens with zero attached hydrogens (tertiary/aromatic N) is 3. The molecule has 0 bridgehead atoms. The third-order valence-electron chi connectivity index (χ3n) is 6.37. The summed E-state index contributed by atoms with van der Waals surface area (Å²) in [5.41, 5.74) is 4.33. The Kier molecular flexibility index (Phi) is 7.26. The zero-order chi connectivity index (χ0) is 26.8. The van der Waals surface area contributed by atoms with Crippen LogP contribution in [-0.4, -0.2) is 27.8 Å². The number of methoxy groups -OCH3 is 1. The van der Waals surface area contributed by atoms with E-state index in [1.54, 1.807) is 36.1 Å². The number of benzene rings is 3. The van der Waals surface area contributed by atoms with Crippen LogP contribution in [0.4, 0.5) is 11.6 Å². The number of hydrogen-bond acceptors (Lipinski definition) is 6. The summed E-state index contributed by atoms with van der Waals surface area (Å²) < 4.78 is 13.4. The molecule has 1 aliphatic heterocycles. The highest BCUT2D eigenvalue weighted by molar-refractivity contribution is 6.35. The van der Waals surface area contributed by atoms with Crippen molar-refractivity contribution in [3.05, 3.63) is 105 Å². The number of carbonyl (C=O) groups is 1. The van der Waals surface area contributed by atoms with Crippen LogP contribution in [0, 0.1) is 6.92 Å². The minimum atomic E-state index is -0.557. The van der Waals surface area contributed by atoms with Crippen LogP contribution in [0.2, 0.25) is 10.0 Å². The Labute approximate surface area is 230 Å². The summed E-state index contributed by atoms with van der Waals surface area (Å²) in [5, 5.41) is 11.7. The summed E-state index contributed by atoms with van der Waals surface area (Å²) in [6.45, 7) is 3.96. The van der Waals surface area contributed by atoms with Crippen molar-refractivity contribution in [3.63, 3.8) is 0 Å². The van der Waals surface area contributed by atoms with Gasteiger partial charge in [-0.15, -0.1) is 0 Å². The van der Waals surface area contributed by atoms with Gasteiger partial charge >= 0.3 is 0 Å². The van der Waals surface area contributed by atoms with Crippen molar-refractivity contribution in [2.24, 2.45) is 0 Å². The highest BCUT2D eigenvalue weighted by atomic mass is 35.5.